The fourth-order valence-electron chi connectivity index (χ4n) is 2.60. The second-order valence-corrected chi connectivity index (χ2v) is 6.42. The van der Waals surface area contributed by atoms with Crippen molar-refractivity contribution in [2.45, 2.75) is 32.6 Å². The number of rotatable bonds is 11. The maximum absolute atomic E-state index is 14.2. The van der Waals surface area contributed by atoms with Gasteiger partial charge in [-0.2, -0.15) is 8.78 Å². The van der Waals surface area contributed by atoms with E-state index < -0.39 is 5.92 Å². The molecule has 0 heterocycles. The van der Waals surface area contributed by atoms with Crippen molar-refractivity contribution in [3.63, 3.8) is 0 Å². The zero-order valence-electron chi connectivity index (χ0n) is 17.4. The van der Waals surface area contributed by atoms with Crippen molar-refractivity contribution in [1.82, 2.24) is 5.32 Å². The van der Waals surface area contributed by atoms with Gasteiger partial charge in [0.05, 0.1) is 18.0 Å². The Hall–Kier alpha value is -2.58. The maximum Gasteiger partial charge on any atom is 0.286 e. The van der Waals surface area contributed by atoms with Gasteiger partial charge in [0.15, 0.2) is 0 Å². The lowest BCUT2D eigenvalue weighted by Crippen LogP contribution is -2.38. The number of methoxy groups -OCH3 is 1. The predicted molar refractivity (Wildman–Crippen MR) is 113 cm³/mol. The highest BCUT2D eigenvalue weighted by Gasteiger charge is 2.31. The number of amides is 1. The number of benzene rings is 1. The largest absolute Gasteiger partial charge is 0.383 e. The quantitative estimate of drug-likeness (QED) is 0.253. The van der Waals surface area contributed by atoms with E-state index in [9.17, 15) is 13.6 Å². The Morgan fingerprint density at radius 3 is 2.48 bits per heavy atom. The third kappa shape index (κ3) is 8.13. The molecule has 0 bridgehead atoms. The zero-order valence-corrected chi connectivity index (χ0v) is 17.4. The maximum atomic E-state index is 14.2. The van der Waals surface area contributed by atoms with Crippen LogP contribution in [0.3, 0.4) is 0 Å². The molecule has 8 heteroatoms. The summed E-state index contributed by atoms with van der Waals surface area (Å²) in [5, 5.41) is 3.64. The SMILES string of the molecule is CC/C=C(\C=NC)C/C=C(\N(N)c1ccc(C(=O)NCCOC)cc1)C(C)(F)F. The summed E-state index contributed by atoms with van der Waals surface area (Å²) in [6.45, 7) is 3.54. The monoisotopic (exact) mass is 408 g/mol. The Morgan fingerprint density at radius 2 is 1.97 bits per heavy atom. The molecule has 0 fully saturated rings. The van der Waals surface area contributed by atoms with Crippen molar-refractivity contribution >= 4 is 17.8 Å². The summed E-state index contributed by atoms with van der Waals surface area (Å²) >= 11 is 0. The van der Waals surface area contributed by atoms with Gasteiger partial charge in [0, 0.05) is 39.4 Å². The number of allylic oxidation sites excluding steroid dienone is 4. The molecule has 0 aliphatic heterocycles. The highest BCUT2D eigenvalue weighted by atomic mass is 19.3. The molecule has 0 atom stereocenters. The lowest BCUT2D eigenvalue weighted by Gasteiger charge is -2.26. The number of carbonyl (C=O) groups excluding carboxylic acids is 1. The van der Waals surface area contributed by atoms with Crippen LogP contribution in [0.5, 0.6) is 0 Å². The van der Waals surface area contributed by atoms with E-state index in [4.69, 9.17) is 10.6 Å². The highest BCUT2D eigenvalue weighted by Crippen LogP contribution is 2.29. The number of nitrogens with one attached hydrogen (secondary N) is 1. The molecule has 1 aromatic rings. The molecule has 0 aliphatic carbocycles. The topological polar surface area (TPSA) is 80.0 Å². The number of alkyl halides is 2. The second kappa shape index (κ2) is 12.1. The summed E-state index contributed by atoms with van der Waals surface area (Å²) < 4.78 is 33.3. The van der Waals surface area contributed by atoms with Crippen LogP contribution in [0.15, 0.2) is 52.7 Å². The number of ether oxygens (including phenoxy) is 1. The molecule has 1 amide bonds. The lowest BCUT2D eigenvalue weighted by molar-refractivity contribution is 0.0599. The van der Waals surface area contributed by atoms with Crippen molar-refractivity contribution in [1.29, 1.82) is 0 Å². The average molecular weight is 408 g/mol. The predicted octanol–water partition coefficient (Wildman–Crippen LogP) is 3.71. The van der Waals surface area contributed by atoms with Crippen LogP contribution in [0.25, 0.3) is 0 Å². The Morgan fingerprint density at radius 1 is 1.31 bits per heavy atom. The number of nitrogens with zero attached hydrogens (tertiary/aromatic N) is 2. The van der Waals surface area contributed by atoms with Crippen LogP contribution in [0.4, 0.5) is 14.5 Å². The molecule has 6 nitrogen and oxygen atoms in total. The van der Waals surface area contributed by atoms with Crippen molar-refractivity contribution in [3.05, 3.63) is 53.3 Å². The molecule has 3 N–H and O–H groups in total. The van der Waals surface area contributed by atoms with E-state index in [1.54, 1.807) is 20.4 Å². The van der Waals surface area contributed by atoms with Crippen molar-refractivity contribution in [2.75, 3.05) is 32.3 Å². The minimum Gasteiger partial charge on any atom is -0.383 e. The van der Waals surface area contributed by atoms with Gasteiger partial charge in [-0.05, 0) is 42.7 Å². The van der Waals surface area contributed by atoms with Gasteiger partial charge >= 0.3 is 0 Å². The van der Waals surface area contributed by atoms with Crippen LogP contribution < -0.4 is 16.2 Å². The van der Waals surface area contributed by atoms with Crippen LogP contribution in [0.1, 0.15) is 37.0 Å². The third-order valence-corrected chi connectivity index (χ3v) is 4.00. The molecular formula is C21H30F2N4O2. The number of halogens is 2. The average Bonchev–Trinajstić information content (AvgIpc) is 2.67. The summed E-state index contributed by atoms with van der Waals surface area (Å²) in [5.41, 5.74) is 1.24. The Kier molecular flexibility index (Phi) is 10.2. The standard InChI is InChI=1S/C21H30F2N4O2/c1-5-6-16(15-25-3)7-12-19(21(2,22)23)27(24)18-10-8-17(9-11-18)20(28)26-13-14-29-4/h6,8-12,15H,5,7,13-14,24H2,1-4H3,(H,26,28)/b16-6-,19-12-,25-15?. The van der Waals surface area contributed by atoms with E-state index in [1.807, 2.05) is 13.0 Å². The molecule has 1 aromatic carbocycles. The van der Waals surface area contributed by atoms with E-state index in [1.165, 1.54) is 30.3 Å². The first-order chi connectivity index (χ1) is 13.7. The van der Waals surface area contributed by atoms with Crippen LogP contribution >= 0.6 is 0 Å². The zero-order chi connectivity index (χ0) is 21.9. The fraction of sp³-hybridized carbons (Fsp3) is 0.429. The minimum atomic E-state index is -3.15. The Labute approximate surface area is 171 Å². The molecule has 160 valence electrons. The number of aliphatic imine (C=N–C) groups is 1. The lowest BCUT2D eigenvalue weighted by atomic mass is 10.1. The molecule has 1 rings (SSSR count). The molecule has 0 radical (unpaired) electrons. The number of hydrazine groups is 1. The first-order valence-corrected chi connectivity index (χ1v) is 9.36. The third-order valence-electron chi connectivity index (χ3n) is 4.00. The number of nitrogens with two attached hydrogens (primary N) is 1. The van der Waals surface area contributed by atoms with Gasteiger partial charge in [-0.15, -0.1) is 0 Å². The number of hydrogen-bond donors (Lipinski definition) is 2. The Bertz CT molecular complexity index is 738. The van der Waals surface area contributed by atoms with Crippen molar-refractivity contribution in [2.24, 2.45) is 10.8 Å². The van der Waals surface area contributed by atoms with Crippen molar-refractivity contribution < 1.29 is 18.3 Å². The molecular weight excluding hydrogens is 378 g/mol. The van der Waals surface area contributed by atoms with Crippen LogP contribution in [-0.4, -0.2) is 45.4 Å². The van der Waals surface area contributed by atoms with E-state index in [0.717, 1.165) is 23.9 Å². The second-order valence-electron chi connectivity index (χ2n) is 6.42. The number of hydrogen-bond acceptors (Lipinski definition) is 5. The molecule has 0 aliphatic rings. The van der Waals surface area contributed by atoms with E-state index >= 15 is 0 Å². The minimum absolute atomic E-state index is 0.275. The molecule has 0 saturated heterocycles. The molecule has 0 unspecified atom stereocenters. The van der Waals surface area contributed by atoms with E-state index in [2.05, 4.69) is 10.3 Å². The first-order valence-electron chi connectivity index (χ1n) is 9.36. The molecule has 0 saturated carbocycles. The summed E-state index contributed by atoms with van der Waals surface area (Å²) in [4.78, 5) is 16.0. The van der Waals surface area contributed by atoms with Gasteiger partial charge < -0.3 is 10.1 Å². The fourth-order valence-corrected chi connectivity index (χ4v) is 2.60. The Balaban J connectivity index is 3.03. The van der Waals surface area contributed by atoms with Crippen molar-refractivity contribution in [3.8, 4) is 0 Å². The number of anilines is 1. The van der Waals surface area contributed by atoms with Crippen LogP contribution in [0.2, 0.25) is 0 Å². The summed E-state index contributed by atoms with van der Waals surface area (Å²) in [6.07, 6.45) is 6.01. The van der Waals surface area contributed by atoms with Gasteiger partial charge in [0.1, 0.15) is 0 Å². The molecule has 0 aromatic heterocycles. The summed E-state index contributed by atoms with van der Waals surface area (Å²) in [6, 6.07) is 6.13. The van der Waals surface area contributed by atoms with Gasteiger partial charge in [-0.1, -0.05) is 19.1 Å². The summed E-state index contributed by atoms with van der Waals surface area (Å²) in [5.74, 6) is 2.58. The highest BCUT2D eigenvalue weighted by molar-refractivity contribution is 5.94. The van der Waals surface area contributed by atoms with Crippen LogP contribution in [0, 0.1) is 0 Å². The van der Waals surface area contributed by atoms with Gasteiger partial charge in [0.25, 0.3) is 11.8 Å². The van der Waals surface area contributed by atoms with Crippen LogP contribution in [-0.2, 0) is 4.74 Å². The van der Waals surface area contributed by atoms with Gasteiger partial charge in [0.2, 0.25) is 0 Å². The van der Waals surface area contributed by atoms with E-state index in [-0.39, 0.29) is 18.0 Å². The normalized spacial score (nSPS) is 13.1. The molecule has 0 spiro atoms. The van der Waals surface area contributed by atoms with Gasteiger partial charge in [-0.25, -0.2) is 5.84 Å². The van der Waals surface area contributed by atoms with E-state index in [0.29, 0.717) is 24.4 Å². The summed E-state index contributed by atoms with van der Waals surface area (Å²) in [7, 11) is 3.17. The molecule has 29 heavy (non-hydrogen) atoms. The number of carbonyl (C=O) groups is 1. The van der Waals surface area contributed by atoms with Gasteiger partial charge in [-0.3, -0.25) is 14.8 Å². The smallest absolute Gasteiger partial charge is 0.286 e. The first kappa shape index (κ1) is 24.5.